The Morgan fingerprint density at radius 1 is 1.44 bits per heavy atom. The van der Waals surface area contributed by atoms with Gasteiger partial charge in [0.2, 0.25) is 0 Å². The summed E-state index contributed by atoms with van der Waals surface area (Å²) in [5.41, 5.74) is 6.72. The average Bonchev–Trinajstić information content (AvgIpc) is 2.61. The zero-order chi connectivity index (χ0) is 11.7. The van der Waals surface area contributed by atoms with Gasteiger partial charge in [-0.25, -0.2) is 14.1 Å². The van der Waals surface area contributed by atoms with Gasteiger partial charge in [-0.05, 0) is 36.4 Å². The van der Waals surface area contributed by atoms with Crippen LogP contribution in [-0.2, 0) is 7.05 Å². The lowest BCUT2D eigenvalue weighted by Crippen LogP contribution is -1.96. The molecule has 0 fully saturated rings. The minimum absolute atomic E-state index is 0.292. The predicted octanol–water partition coefficient (Wildman–Crippen LogP) is 2.00. The molecule has 0 unspecified atom stereocenters. The number of anilines is 1. The molecule has 4 nitrogen and oxygen atoms in total. The molecule has 0 aliphatic heterocycles. The number of nitrogen functional groups attached to an aromatic ring is 1. The summed E-state index contributed by atoms with van der Waals surface area (Å²) in [4.78, 5) is 4.86. The van der Waals surface area contributed by atoms with Crippen molar-refractivity contribution in [3.8, 4) is 0 Å². The molecule has 1 aromatic heterocycles. The number of benzene rings is 1. The van der Waals surface area contributed by atoms with Crippen LogP contribution in [0.15, 0.2) is 28.5 Å². The zero-order valence-corrected chi connectivity index (χ0v) is 9.75. The highest BCUT2D eigenvalue weighted by Gasteiger charge is 2.09. The first kappa shape index (κ1) is 10.9. The molecule has 0 spiro atoms. The summed E-state index contributed by atoms with van der Waals surface area (Å²) in [5, 5.41) is 4.67. The monoisotopic (exact) mass is 238 g/mol. The number of nitrogens with two attached hydrogens (primary N) is 1. The topological polar surface area (TPSA) is 56.7 Å². The van der Waals surface area contributed by atoms with Crippen LogP contribution < -0.4 is 5.73 Å². The minimum Gasteiger partial charge on any atom is -0.398 e. The molecular weight excluding hydrogens is 227 g/mol. The van der Waals surface area contributed by atoms with Crippen molar-refractivity contribution in [1.82, 2.24) is 14.8 Å². The van der Waals surface area contributed by atoms with Gasteiger partial charge in [0.25, 0.3) is 0 Å². The van der Waals surface area contributed by atoms with Crippen molar-refractivity contribution in [2.45, 2.75) is 17.0 Å². The Balaban J connectivity index is 2.35. The first-order valence-corrected chi connectivity index (χ1v) is 5.47. The van der Waals surface area contributed by atoms with Crippen molar-refractivity contribution in [3.63, 3.8) is 0 Å². The third-order valence-electron chi connectivity index (χ3n) is 2.16. The number of hydrogen-bond acceptors (Lipinski definition) is 4. The Hall–Kier alpha value is -1.56. The quantitative estimate of drug-likeness (QED) is 0.813. The highest BCUT2D eigenvalue weighted by molar-refractivity contribution is 7.99. The molecule has 0 atom stereocenters. The van der Waals surface area contributed by atoms with E-state index in [2.05, 4.69) is 10.1 Å². The van der Waals surface area contributed by atoms with Gasteiger partial charge in [0.1, 0.15) is 12.1 Å². The lowest BCUT2D eigenvalue weighted by atomic mass is 10.2. The van der Waals surface area contributed by atoms with E-state index in [0.29, 0.717) is 11.3 Å². The third kappa shape index (κ3) is 2.01. The maximum atomic E-state index is 13.2. The van der Waals surface area contributed by atoms with Crippen molar-refractivity contribution in [3.05, 3.63) is 29.8 Å². The standard InChI is InChI=1S/C10H11FN4S/c1-6-3-9(8(12)4-7(6)11)16-10-13-5-14-15(10)2/h3-5H,12H2,1-2H3. The van der Waals surface area contributed by atoms with E-state index in [4.69, 9.17) is 5.73 Å². The lowest BCUT2D eigenvalue weighted by Gasteiger charge is -2.06. The summed E-state index contributed by atoms with van der Waals surface area (Å²) in [6, 6.07) is 3.04. The van der Waals surface area contributed by atoms with Crippen molar-refractivity contribution in [2.24, 2.45) is 7.05 Å². The van der Waals surface area contributed by atoms with Crippen LogP contribution in [0.2, 0.25) is 0 Å². The molecule has 0 amide bonds. The van der Waals surface area contributed by atoms with Crippen LogP contribution in [0.1, 0.15) is 5.56 Å². The van der Waals surface area contributed by atoms with E-state index < -0.39 is 0 Å². The number of aryl methyl sites for hydroxylation is 2. The van der Waals surface area contributed by atoms with Gasteiger partial charge in [-0.2, -0.15) is 5.10 Å². The molecule has 0 aliphatic carbocycles. The SMILES string of the molecule is Cc1cc(Sc2ncnn2C)c(N)cc1F. The molecule has 6 heteroatoms. The van der Waals surface area contributed by atoms with Crippen molar-refractivity contribution in [2.75, 3.05) is 5.73 Å². The van der Waals surface area contributed by atoms with E-state index >= 15 is 0 Å². The predicted molar refractivity (Wildman–Crippen MR) is 60.7 cm³/mol. The van der Waals surface area contributed by atoms with E-state index in [0.717, 1.165) is 10.1 Å². The van der Waals surface area contributed by atoms with E-state index in [1.54, 1.807) is 24.7 Å². The Morgan fingerprint density at radius 3 is 2.81 bits per heavy atom. The van der Waals surface area contributed by atoms with Crippen LogP contribution >= 0.6 is 11.8 Å². The molecule has 0 radical (unpaired) electrons. The molecule has 0 saturated heterocycles. The fourth-order valence-electron chi connectivity index (χ4n) is 1.24. The molecular formula is C10H11FN4S. The zero-order valence-electron chi connectivity index (χ0n) is 8.94. The molecule has 2 aromatic rings. The van der Waals surface area contributed by atoms with Crippen LogP contribution in [0.5, 0.6) is 0 Å². The number of rotatable bonds is 2. The number of halogens is 1. The number of aromatic nitrogens is 3. The van der Waals surface area contributed by atoms with E-state index in [1.807, 2.05) is 0 Å². The molecule has 0 saturated carbocycles. The summed E-state index contributed by atoms with van der Waals surface area (Å²) < 4.78 is 14.8. The van der Waals surface area contributed by atoms with Gasteiger partial charge in [0.15, 0.2) is 5.16 Å². The fraction of sp³-hybridized carbons (Fsp3) is 0.200. The highest BCUT2D eigenvalue weighted by atomic mass is 32.2. The van der Waals surface area contributed by atoms with Crippen molar-refractivity contribution >= 4 is 17.4 Å². The molecule has 1 aromatic carbocycles. The normalized spacial score (nSPS) is 10.7. The third-order valence-corrected chi connectivity index (χ3v) is 3.29. The van der Waals surface area contributed by atoms with E-state index in [1.165, 1.54) is 24.2 Å². The van der Waals surface area contributed by atoms with Crippen LogP contribution in [0.3, 0.4) is 0 Å². The second-order valence-corrected chi connectivity index (χ2v) is 4.42. The van der Waals surface area contributed by atoms with Gasteiger partial charge in [-0.1, -0.05) is 0 Å². The largest absolute Gasteiger partial charge is 0.398 e. The lowest BCUT2D eigenvalue weighted by molar-refractivity contribution is 0.618. The molecule has 2 N–H and O–H groups in total. The van der Waals surface area contributed by atoms with Crippen LogP contribution in [-0.4, -0.2) is 14.8 Å². The van der Waals surface area contributed by atoms with E-state index in [-0.39, 0.29) is 5.82 Å². The highest BCUT2D eigenvalue weighted by Crippen LogP contribution is 2.31. The summed E-state index contributed by atoms with van der Waals surface area (Å²) >= 11 is 1.37. The molecule has 16 heavy (non-hydrogen) atoms. The second-order valence-electron chi connectivity index (χ2n) is 3.41. The second kappa shape index (κ2) is 4.13. The average molecular weight is 238 g/mol. The smallest absolute Gasteiger partial charge is 0.190 e. The summed E-state index contributed by atoms with van der Waals surface area (Å²) in [7, 11) is 1.79. The summed E-state index contributed by atoms with van der Waals surface area (Å²) in [5.74, 6) is -0.292. The first-order valence-electron chi connectivity index (χ1n) is 4.65. The Morgan fingerprint density at radius 2 is 2.19 bits per heavy atom. The molecule has 0 aliphatic rings. The molecule has 1 heterocycles. The van der Waals surface area contributed by atoms with Gasteiger partial charge >= 0.3 is 0 Å². The van der Waals surface area contributed by atoms with Crippen molar-refractivity contribution in [1.29, 1.82) is 0 Å². The first-order chi connectivity index (χ1) is 7.58. The van der Waals surface area contributed by atoms with Gasteiger partial charge in [0.05, 0.1) is 0 Å². The molecule has 0 bridgehead atoms. The van der Waals surface area contributed by atoms with Crippen LogP contribution in [0, 0.1) is 12.7 Å². The van der Waals surface area contributed by atoms with Crippen LogP contribution in [0.25, 0.3) is 0 Å². The minimum atomic E-state index is -0.292. The van der Waals surface area contributed by atoms with Crippen LogP contribution in [0.4, 0.5) is 10.1 Å². The van der Waals surface area contributed by atoms with Gasteiger partial charge in [0, 0.05) is 17.6 Å². The summed E-state index contributed by atoms with van der Waals surface area (Å²) in [6.07, 6.45) is 1.47. The van der Waals surface area contributed by atoms with E-state index in [9.17, 15) is 4.39 Å². The Kier molecular flexibility index (Phi) is 2.82. The van der Waals surface area contributed by atoms with Crippen molar-refractivity contribution < 1.29 is 4.39 Å². The van der Waals surface area contributed by atoms with Gasteiger partial charge in [-0.15, -0.1) is 0 Å². The Labute approximate surface area is 96.7 Å². The number of nitrogens with zero attached hydrogens (tertiary/aromatic N) is 3. The fourth-order valence-corrected chi connectivity index (χ4v) is 2.12. The van der Waals surface area contributed by atoms with Gasteiger partial charge < -0.3 is 5.73 Å². The van der Waals surface area contributed by atoms with Gasteiger partial charge in [-0.3, -0.25) is 0 Å². The maximum absolute atomic E-state index is 13.2. The number of hydrogen-bond donors (Lipinski definition) is 1. The molecule has 2 rings (SSSR count). The molecule has 84 valence electrons. The maximum Gasteiger partial charge on any atom is 0.190 e. The summed E-state index contributed by atoms with van der Waals surface area (Å²) in [6.45, 7) is 1.70. The Bertz CT molecular complexity index is 524.